The minimum atomic E-state index is -3.77. The summed E-state index contributed by atoms with van der Waals surface area (Å²) in [5.74, 6) is -0.502. The summed E-state index contributed by atoms with van der Waals surface area (Å²) in [5.41, 5.74) is -0.0387. The van der Waals surface area contributed by atoms with Crippen LogP contribution >= 0.6 is 0 Å². The van der Waals surface area contributed by atoms with Crippen LogP contribution < -0.4 is 10.1 Å². The van der Waals surface area contributed by atoms with Gasteiger partial charge in [0.05, 0.1) is 12.5 Å². The quantitative estimate of drug-likeness (QED) is 0.687. The number of sulfonamides is 1. The van der Waals surface area contributed by atoms with Gasteiger partial charge in [0.15, 0.2) is 0 Å². The molecule has 1 amide bonds. The number of carbonyl (C=O) groups excluding carboxylic acids is 1. The fourth-order valence-corrected chi connectivity index (χ4v) is 6.30. The predicted molar refractivity (Wildman–Crippen MR) is 122 cm³/mol. The summed E-state index contributed by atoms with van der Waals surface area (Å²) in [6.07, 6.45) is 3.44. The largest absolute Gasteiger partial charge is 0.495 e. The maximum Gasteiger partial charge on any atom is 0.246 e. The van der Waals surface area contributed by atoms with Crippen LogP contribution in [0.1, 0.15) is 37.7 Å². The molecule has 0 spiro atoms. The van der Waals surface area contributed by atoms with E-state index in [1.807, 2.05) is 0 Å². The van der Waals surface area contributed by atoms with Crippen molar-refractivity contribution in [2.75, 3.05) is 38.7 Å². The topological polar surface area (TPSA) is 84.9 Å². The Hall–Kier alpha value is -2.49. The summed E-state index contributed by atoms with van der Waals surface area (Å²) in [6.45, 7) is 1.68. The highest BCUT2D eigenvalue weighted by Gasteiger charge is 2.42. The van der Waals surface area contributed by atoms with E-state index in [1.165, 1.54) is 29.6 Å². The first-order chi connectivity index (χ1) is 15.9. The molecule has 33 heavy (non-hydrogen) atoms. The van der Waals surface area contributed by atoms with Gasteiger partial charge in [-0.25, -0.2) is 12.8 Å². The van der Waals surface area contributed by atoms with Gasteiger partial charge in [-0.15, -0.1) is 0 Å². The molecular weight excluding hydrogens is 447 g/mol. The standard InChI is InChI=1S/C24H29FN2O5S/c1-31-21-9-8-20(17-22(21)33(29,30)27-12-3-2-4-13-27)26-23(28)24(10-14-32-15-11-24)18-6-5-7-19(25)16-18/h5-9,16-17H,2-4,10-15H2,1H3,(H,26,28). The van der Waals surface area contributed by atoms with Crippen LogP contribution in [0, 0.1) is 5.82 Å². The van der Waals surface area contributed by atoms with Crippen LogP contribution in [0.15, 0.2) is 47.4 Å². The van der Waals surface area contributed by atoms with Crippen molar-refractivity contribution >= 4 is 21.6 Å². The van der Waals surface area contributed by atoms with Crippen LogP contribution in [0.2, 0.25) is 0 Å². The number of hydrogen-bond donors (Lipinski definition) is 1. The van der Waals surface area contributed by atoms with Gasteiger partial charge in [0.25, 0.3) is 0 Å². The second kappa shape index (κ2) is 9.79. The number of anilines is 1. The first-order valence-electron chi connectivity index (χ1n) is 11.2. The molecule has 178 valence electrons. The van der Waals surface area contributed by atoms with E-state index in [0.717, 1.165) is 19.3 Å². The third kappa shape index (κ3) is 4.76. The summed E-state index contributed by atoms with van der Waals surface area (Å²) in [6, 6.07) is 10.7. The Morgan fingerprint density at radius 1 is 1.09 bits per heavy atom. The average molecular weight is 477 g/mol. The van der Waals surface area contributed by atoms with E-state index in [0.29, 0.717) is 50.4 Å². The molecule has 0 saturated carbocycles. The van der Waals surface area contributed by atoms with Gasteiger partial charge in [0.2, 0.25) is 15.9 Å². The maximum atomic E-state index is 14.0. The molecule has 7 nitrogen and oxygen atoms in total. The van der Waals surface area contributed by atoms with E-state index in [9.17, 15) is 17.6 Å². The van der Waals surface area contributed by atoms with E-state index in [2.05, 4.69) is 5.32 Å². The van der Waals surface area contributed by atoms with Crippen LogP contribution in [0.4, 0.5) is 10.1 Å². The molecule has 0 radical (unpaired) electrons. The zero-order valence-corrected chi connectivity index (χ0v) is 19.5. The Bertz CT molecular complexity index is 1110. The van der Waals surface area contributed by atoms with Gasteiger partial charge < -0.3 is 14.8 Å². The molecule has 0 aromatic heterocycles. The lowest BCUT2D eigenvalue weighted by Gasteiger charge is -2.36. The fraction of sp³-hybridized carbons (Fsp3) is 0.458. The number of amides is 1. The molecule has 2 aliphatic heterocycles. The van der Waals surface area contributed by atoms with E-state index in [1.54, 1.807) is 24.3 Å². The number of halogens is 1. The Kier molecular flexibility index (Phi) is 7.02. The van der Waals surface area contributed by atoms with E-state index in [-0.39, 0.29) is 16.6 Å². The van der Waals surface area contributed by atoms with Crippen LogP contribution in [0.3, 0.4) is 0 Å². The third-order valence-electron chi connectivity index (χ3n) is 6.51. The Balaban J connectivity index is 1.66. The van der Waals surface area contributed by atoms with E-state index in [4.69, 9.17) is 9.47 Å². The highest BCUT2D eigenvalue weighted by atomic mass is 32.2. The molecule has 0 atom stereocenters. The van der Waals surface area contributed by atoms with Gasteiger partial charge in [0.1, 0.15) is 16.5 Å². The monoisotopic (exact) mass is 476 g/mol. The van der Waals surface area contributed by atoms with E-state index < -0.39 is 21.3 Å². The van der Waals surface area contributed by atoms with Crippen LogP contribution in [-0.4, -0.2) is 52.0 Å². The van der Waals surface area contributed by atoms with Crippen molar-refractivity contribution in [1.29, 1.82) is 0 Å². The molecule has 2 heterocycles. The van der Waals surface area contributed by atoms with Crippen molar-refractivity contribution in [1.82, 2.24) is 4.31 Å². The summed E-state index contributed by atoms with van der Waals surface area (Å²) in [7, 11) is -2.35. The van der Waals surface area contributed by atoms with Gasteiger partial charge >= 0.3 is 0 Å². The molecule has 2 aromatic carbocycles. The molecule has 4 rings (SSSR count). The molecule has 2 aliphatic rings. The number of nitrogens with zero attached hydrogens (tertiary/aromatic N) is 1. The number of hydrogen-bond acceptors (Lipinski definition) is 5. The highest BCUT2D eigenvalue weighted by Crippen LogP contribution is 2.37. The molecule has 0 unspecified atom stereocenters. The molecule has 0 aliphatic carbocycles. The van der Waals surface area contributed by atoms with Crippen molar-refractivity contribution in [3.63, 3.8) is 0 Å². The zero-order valence-electron chi connectivity index (χ0n) is 18.7. The van der Waals surface area contributed by atoms with Crippen LogP contribution in [-0.2, 0) is 25.0 Å². The van der Waals surface area contributed by atoms with Gasteiger partial charge in [-0.3, -0.25) is 4.79 Å². The Morgan fingerprint density at radius 2 is 1.82 bits per heavy atom. The number of benzene rings is 2. The summed E-state index contributed by atoms with van der Waals surface area (Å²) >= 11 is 0. The fourth-order valence-electron chi connectivity index (χ4n) is 4.60. The van der Waals surface area contributed by atoms with E-state index >= 15 is 0 Å². The molecule has 0 bridgehead atoms. The van der Waals surface area contributed by atoms with Crippen molar-refractivity contribution in [2.45, 2.75) is 42.4 Å². The first-order valence-corrected chi connectivity index (χ1v) is 12.6. The van der Waals surface area contributed by atoms with Gasteiger partial charge in [-0.1, -0.05) is 18.6 Å². The van der Waals surface area contributed by atoms with Gasteiger partial charge in [-0.2, -0.15) is 4.31 Å². The minimum Gasteiger partial charge on any atom is -0.495 e. The first kappa shape index (κ1) is 23.7. The lowest BCUT2D eigenvalue weighted by Crippen LogP contribution is -2.45. The molecule has 2 aromatic rings. The lowest BCUT2D eigenvalue weighted by atomic mass is 9.73. The second-order valence-electron chi connectivity index (χ2n) is 8.49. The summed E-state index contributed by atoms with van der Waals surface area (Å²) in [4.78, 5) is 13.6. The smallest absolute Gasteiger partial charge is 0.246 e. The lowest BCUT2D eigenvalue weighted by molar-refractivity contribution is -0.125. The molecule has 2 fully saturated rings. The molecule has 9 heteroatoms. The Labute approximate surface area is 193 Å². The van der Waals surface area contributed by atoms with Crippen LogP contribution in [0.5, 0.6) is 5.75 Å². The predicted octanol–water partition coefficient (Wildman–Crippen LogP) is 3.70. The average Bonchev–Trinajstić information content (AvgIpc) is 2.85. The van der Waals surface area contributed by atoms with Crippen molar-refractivity contribution in [3.05, 3.63) is 53.8 Å². The van der Waals surface area contributed by atoms with Crippen LogP contribution in [0.25, 0.3) is 0 Å². The zero-order chi connectivity index (χ0) is 23.5. The molecular formula is C24H29FN2O5S. The SMILES string of the molecule is COc1ccc(NC(=O)C2(c3cccc(F)c3)CCOCC2)cc1S(=O)(=O)N1CCCCC1. The second-order valence-corrected chi connectivity index (χ2v) is 10.4. The normalized spacial score (nSPS) is 19.1. The van der Waals surface area contributed by atoms with Crippen molar-refractivity contribution < 1.29 is 27.1 Å². The minimum absolute atomic E-state index is 0.0245. The van der Waals surface area contributed by atoms with Gasteiger partial charge in [0, 0.05) is 32.0 Å². The Morgan fingerprint density at radius 3 is 2.48 bits per heavy atom. The molecule has 2 saturated heterocycles. The maximum absolute atomic E-state index is 14.0. The molecule has 1 N–H and O–H groups in total. The number of piperidine rings is 1. The number of ether oxygens (including phenoxy) is 2. The third-order valence-corrected chi connectivity index (χ3v) is 8.43. The highest BCUT2D eigenvalue weighted by molar-refractivity contribution is 7.89. The number of methoxy groups -OCH3 is 1. The summed E-state index contributed by atoms with van der Waals surface area (Å²) < 4.78 is 52.8. The summed E-state index contributed by atoms with van der Waals surface area (Å²) in [5, 5.41) is 2.88. The van der Waals surface area contributed by atoms with Gasteiger partial charge in [-0.05, 0) is 61.6 Å². The number of carbonyl (C=O) groups is 1. The number of nitrogens with one attached hydrogen (secondary N) is 1. The number of rotatable bonds is 6. The van der Waals surface area contributed by atoms with Crippen molar-refractivity contribution in [2.24, 2.45) is 0 Å². The van der Waals surface area contributed by atoms with Crippen molar-refractivity contribution in [3.8, 4) is 5.75 Å².